The Morgan fingerprint density at radius 2 is 1.89 bits per heavy atom. The van der Waals surface area contributed by atoms with E-state index in [9.17, 15) is 0 Å². The Morgan fingerprint density at radius 3 is 2.00 bits per heavy atom. The van der Waals surface area contributed by atoms with Crippen LogP contribution in [-0.2, 0) is 9.78 Å². The molecule has 1 aliphatic rings. The van der Waals surface area contributed by atoms with E-state index >= 15 is 0 Å². The highest BCUT2D eigenvalue weighted by atomic mass is 17.4. The van der Waals surface area contributed by atoms with Gasteiger partial charge in [0, 0.05) is 12.3 Å². The molecule has 0 amide bonds. The van der Waals surface area contributed by atoms with Crippen LogP contribution in [0.4, 0.5) is 0 Å². The molecular weight excluding hydrogens is 116 g/mol. The van der Waals surface area contributed by atoms with Crippen LogP contribution in [0.5, 0.6) is 0 Å². The van der Waals surface area contributed by atoms with Crippen LogP contribution in [0.1, 0.15) is 33.6 Å². The lowest BCUT2D eigenvalue weighted by Crippen LogP contribution is -2.18. The molecule has 0 bridgehead atoms. The van der Waals surface area contributed by atoms with Crippen LogP contribution >= 0.6 is 0 Å². The predicted molar refractivity (Wildman–Crippen MR) is 34.6 cm³/mol. The van der Waals surface area contributed by atoms with Crippen molar-refractivity contribution in [3.05, 3.63) is 0 Å². The fourth-order valence-electron chi connectivity index (χ4n) is 0.995. The van der Waals surface area contributed by atoms with Gasteiger partial charge in [-0.2, -0.15) is 9.78 Å². The Hall–Kier alpha value is -0.0800. The maximum atomic E-state index is 4.90. The molecule has 0 aliphatic carbocycles. The maximum absolute atomic E-state index is 4.90. The van der Waals surface area contributed by atoms with Crippen LogP contribution in [-0.4, -0.2) is 5.79 Å². The van der Waals surface area contributed by atoms with Gasteiger partial charge in [0.2, 0.25) is 5.79 Å². The molecule has 0 aromatic carbocycles. The normalized spacial score (nSPS) is 25.7. The zero-order chi connectivity index (χ0) is 6.91. The molecular formula is C7H14O2. The van der Waals surface area contributed by atoms with E-state index < -0.39 is 0 Å². The van der Waals surface area contributed by atoms with Gasteiger partial charge in [0.05, 0.1) is 0 Å². The van der Waals surface area contributed by atoms with Crippen molar-refractivity contribution < 1.29 is 9.78 Å². The van der Waals surface area contributed by atoms with Crippen molar-refractivity contribution in [3.63, 3.8) is 0 Å². The molecule has 1 heterocycles. The Bertz CT molecular complexity index is 97.1. The van der Waals surface area contributed by atoms with E-state index in [1.54, 1.807) is 0 Å². The fourth-order valence-corrected chi connectivity index (χ4v) is 0.995. The summed E-state index contributed by atoms with van der Waals surface area (Å²) in [5, 5.41) is 0. The van der Waals surface area contributed by atoms with Crippen LogP contribution in [0, 0.1) is 5.92 Å². The summed E-state index contributed by atoms with van der Waals surface area (Å²) in [5.74, 6) is 0.330. The van der Waals surface area contributed by atoms with E-state index in [4.69, 9.17) is 9.78 Å². The highest BCUT2D eigenvalue weighted by Crippen LogP contribution is 2.41. The summed E-state index contributed by atoms with van der Waals surface area (Å²) in [4.78, 5) is 9.80. The first-order valence-electron chi connectivity index (χ1n) is 3.62. The Balaban J connectivity index is 2.39. The van der Waals surface area contributed by atoms with Gasteiger partial charge in [0.15, 0.2) is 0 Å². The molecule has 1 unspecified atom stereocenters. The first kappa shape index (κ1) is 7.03. The highest BCUT2D eigenvalue weighted by Gasteiger charge is 2.51. The van der Waals surface area contributed by atoms with E-state index in [0.29, 0.717) is 5.92 Å². The van der Waals surface area contributed by atoms with Crippen LogP contribution < -0.4 is 0 Å². The zero-order valence-corrected chi connectivity index (χ0v) is 6.31. The van der Waals surface area contributed by atoms with Crippen molar-refractivity contribution in [2.45, 2.75) is 39.4 Å². The van der Waals surface area contributed by atoms with E-state index in [0.717, 1.165) is 12.8 Å². The van der Waals surface area contributed by atoms with E-state index in [1.165, 1.54) is 0 Å². The molecule has 0 radical (unpaired) electrons. The molecule has 1 atom stereocenters. The Labute approximate surface area is 56.1 Å². The molecule has 9 heavy (non-hydrogen) atoms. The minimum Gasteiger partial charge on any atom is -0.195 e. The van der Waals surface area contributed by atoms with Gasteiger partial charge in [-0.15, -0.1) is 0 Å². The lowest BCUT2D eigenvalue weighted by Gasteiger charge is -2.10. The standard InChI is InChI=1S/C7H14O2/c1-4-6(3)7(5-2)8-9-7/h6H,4-5H2,1-3H3. The number of hydrogen-bond donors (Lipinski definition) is 0. The highest BCUT2D eigenvalue weighted by molar-refractivity contribution is 4.77. The largest absolute Gasteiger partial charge is 0.236 e. The quantitative estimate of drug-likeness (QED) is 0.431. The smallest absolute Gasteiger partial charge is 0.195 e. The maximum Gasteiger partial charge on any atom is 0.236 e. The molecule has 0 N–H and O–H groups in total. The summed E-state index contributed by atoms with van der Waals surface area (Å²) in [6, 6.07) is 0. The monoisotopic (exact) mass is 130 g/mol. The van der Waals surface area contributed by atoms with Gasteiger partial charge in [-0.1, -0.05) is 20.8 Å². The molecule has 2 heteroatoms. The molecule has 1 saturated heterocycles. The molecule has 0 spiro atoms. The Kier molecular flexibility index (Phi) is 1.78. The van der Waals surface area contributed by atoms with Gasteiger partial charge < -0.3 is 0 Å². The van der Waals surface area contributed by atoms with Crippen LogP contribution in [0.15, 0.2) is 0 Å². The average molecular weight is 130 g/mol. The first-order chi connectivity index (χ1) is 4.25. The molecule has 1 fully saturated rings. The van der Waals surface area contributed by atoms with E-state index in [1.807, 2.05) is 0 Å². The Morgan fingerprint density at radius 1 is 1.33 bits per heavy atom. The fraction of sp³-hybridized carbons (Fsp3) is 1.00. The molecule has 1 aliphatic heterocycles. The van der Waals surface area contributed by atoms with Gasteiger partial charge >= 0.3 is 0 Å². The van der Waals surface area contributed by atoms with Gasteiger partial charge in [-0.25, -0.2) is 0 Å². The van der Waals surface area contributed by atoms with Crippen molar-refractivity contribution in [2.24, 2.45) is 5.92 Å². The average Bonchev–Trinajstić information content (AvgIpc) is 2.66. The van der Waals surface area contributed by atoms with E-state index in [2.05, 4.69) is 20.8 Å². The van der Waals surface area contributed by atoms with Crippen LogP contribution in [0.25, 0.3) is 0 Å². The lowest BCUT2D eigenvalue weighted by molar-refractivity contribution is 0.0850. The lowest BCUT2D eigenvalue weighted by atomic mass is 9.97. The predicted octanol–water partition coefficient (Wildman–Crippen LogP) is 2.10. The SMILES string of the molecule is CCC(C)C1(CC)OO1. The van der Waals surface area contributed by atoms with Crippen molar-refractivity contribution in [1.82, 2.24) is 0 Å². The second-order valence-corrected chi connectivity index (χ2v) is 2.64. The van der Waals surface area contributed by atoms with Gasteiger partial charge in [0.1, 0.15) is 0 Å². The minimum absolute atomic E-state index is 0.200. The van der Waals surface area contributed by atoms with Gasteiger partial charge in [-0.3, -0.25) is 0 Å². The van der Waals surface area contributed by atoms with Crippen molar-refractivity contribution in [2.75, 3.05) is 0 Å². The van der Waals surface area contributed by atoms with Crippen LogP contribution in [0.2, 0.25) is 0 Å². The van der Waals surface area contributed by atoms with Crippen molar-refractivity contribution >= 4 is 0 Å². The summed E-state index contributed by atoms with van der Waals surface area (Å²) in [6.45, 7) is 6.38. The van der Waals surface area contributed by atoms with E-state index in [-0.39, 0.29) is 5.79 Å². The molecule has 1 rings (SSSR count). The first-order valence-corrected chi connectivity index (χ1v) is 3.62. The second-order valence-electron chi connectivity index (χ2n) is 2.64. The number of hydrogen-bond acceptors (Lipinski definition) is 2. The van der Waals surface area contributed by atoms with Crippen molar-refractivity contribution in [3.8, 4) is 0 Å². The minimum atomic E-state index is -0.200. The zero-order valence-electron chi connectivity index (χ0n) is 6.31. The summed E-state index contributed by atoms with van der Waals surface area (Å²) < 4.78 is 0. The molecule has 2 nitrogen and oxygen atoms in total. The second kappa shape index (κ2) is 2.27. The van der Waals surface area contributed by atoms with Gasteiger partial charge in [0.25, 0.3) is 0 Å². The third kappa shape index (κ3) is 1.10. The number of rotatable bonds is 3. The molecule has 0 saturated carbocycles. The van der Waals surface area contributed by atoms with Crippen molar-refractivity contribution in [1.29, 1.82) is 0 Å². The molecule has 0 aromatic heterocycles. The summed E-state index contributed by atoms with van der Waals surface area (Å²) in [6.07, 6.45) is 2.08. The third-order valence-electron chi connectivity index (χ3n) is 2.15. The topological polar surface area (TPSA) is 25.1 Å². The summed E-state index contributed by atoms with van der Waals surface area (Å²) in [7, 11) is 0. The van der Waals surface area contributed by atoms with Crippen LogP contribution in [0.3, 0.4) is 0 Å². The van der Waals surface area contributed by atoms with Gasteiger partial charge in [-0.05, 0) is 6.42 Å². The molecule has 54 valence electrons. The third-order valence-corrected chi connectivity index (χ3v) is 2.15. The molecule has 0 aromatic rings. The summed E-state index contributed by atoms with van der Waals surface area (Å²) in [5.41, 5.74) is 0. The summed E-state index contributed by atoms with van der Waals surface area (Å²) >= 11 is 0.